The highest BCUT2D eigenvalue weighted by Crippen LogP contribution is 2.89. The van der Waals surface area contributed by atoms with E-state index in [0.29, 0.717) is 18.3 Å². The summed E-state index contributed by atoms with van der Waals surface area (Å²) in [5, 5.41) is 21.7. The van der Waals surface area contributed by atoms with Gasteiger partial charge in [-0.2, -0.15) is 0 Å². The lowest BCUT2D eigenvalue weighted by Crippen LogP contribution is -2.63. The van der Waals surface area contributed by atoms with Crippen molar-refractivity contribution in [3.8, 4) is 0 Å². The minimum Gasteiger partial charge on any atom is -0.462 e. The smallest absolute Gasteiger partial charge is 0.302 e. The molecule has 0 aromatic carbocycles. The fourth-order valence-electron chi connectivity index (χ4n) is 13.3. The Morgan fingerprint density at radius 1 is 0.897 bits per heavy atom. The molecular formula is C32H48O7. The lowest BCUT2D eigenvalue weighted by atomic mass is 9.41. The van der Waals surface area contributed by atoms with Crippen LogP contribution in [0, 0.1) is 50.7 Å². The van der Waals surface area contributed by atoms with Crippen molar-refractivity contribution in [2.45, 2.75) is 142 Å². The molecule has 0 aromatic heterocycles. The van der Waals surface area contributed by atoms with E-state index >= 15 is 0 Å². The molecule has 39 heavy (non-hydrogen) atoms. The molecule has 2 N–H and O–H groups in total. The van der Waals surface area contributed by atoms with Gasteiger partial charge in [-0.1, -0.05) is 34.6 Å². The normalized spacial score (nSPS) is 65.1. The van der Waals surface area contributed by atoms with Crippen LogP contribution in [0.25, 0.3) is 0 Å². The first-order valence-corrected chi connectivity index (χ1v) is 15.7. The summed E-state index contributed by atoms with van der Waals surface area (Å²) in [6.07, 6.45) is 6.39. The van der Waals surface area contributed by atoms with Crippen LogP contribution in [0.2, 0.25) is 0 Å². The van der Waals surface area contributed by atoms with Gasteiger partial charge in [0.05, 0.1) is 12.2 Å². The Bertz CT molecular complexity index is 1140. The zero-order chi connectivity index (χ0) is 27.8. The van der Waals surface area contributed by atoms with Crippen LogP contribution in [0.15, 0.2) is 0 Å². The van der Waals surface area contributed by atoms with Crippen LogP contribution >= 0.6 is 0 Å². The molecule has 3 saturated heterocycles. The van der Waals surface area contributed by atoms with Crippen molar-refractivity contribution in [3.63, 3.8) is 0 Å². The van der Waals surface area contributed by atoms with Crippen molar-refractivity contribution in [3.05, 3.63) is 0 Å². The molecule has 5 saturated carbocycles. The number of aliphatic hydroxyl groups is 2. The number of carbonyl (C=O) groups excluding carboxylic acids is 1. The highest BCUT2D eigenvalue weighted by atomic mass is 16.8. The first-order valence-electron chi connectivity index (χ1n) is 15.7. The monoisotopic (exact) mass is 544 g/mol. The molecule has 15 atom stereocenters. The van der Waals surface area contributed by atoms with Crippen LogP contribution in [0.5, 0.6) is 0 Å². The predicted octanol–water partition coefficient (Wildman–Crippen LogP) is 4.57. The molecule has 8 rings (SSSR count). The van der Waals surface area contributed by atoms with Gasteiger partial charge < -0.3 is 29.2 Å². The van der Waals surface area contributed by atoms with Crippen LogP contribution in [-0.4, -0.2) is 58.3 Å². The van der Waals surface area contributed by atoms with Gasteiger partial charge in [0.2, 0.25) is 5.79 Å². The van der Waals surface area contributed by atoms with Gasteiger partial charge in [0, 0.05) is 18.8 Å². The summed E-state index contributed by atoms with van der Waals surface area (Å²) in [5.41, 5.74) is -0.630. The third-order valence-electron chi connectivity index (χ3n) is 15.0. The highest BCUT2D eigenvalue weighted by Gasteiger charge is 2.86. The quantitative estimate of drug-likeness (QED) is 0.369. The van der Waals surface area contributed by atoms with Gasteiger partial charge in [-0.05, 0) is 97.2 Å². The van der Waals surface area contributed by atoms with E-state index < -0.39 is 17.7 Å². The molecule has 0 bridgehead atoms. The average molecular weight is 545 g/mol. The number of rotatable bonds is 1. The van der Waals surface area contributed by atoms with Crippen molar-refractivity contribution in [2.75, 3.05) is 0 Å². The van der Waals surface area contributed by atoms with E-state index in [2.05, 4.69) is 34.6 Å². The fraction of sp³-hybridized carbons (Fsp3) is 0.969. The Morgan fingerprint density at radius 2 is 1.62 bits per heavy atom. The van der Waals surface area contributed by atoms with Crippen LogP contribution in [-0.2, 0) is 23.7 Å². The molecule has 7 heteroatoms. The fourth-order valence-corrected chi connectivity index (χ4v) is 13.3. The maximum atomic E-state index is 12.7. The van der Waals surface area contributed by atoms with E-state index in [1.165, 1.54) is 19.3 Å². The van der Waals surface area contributed by atoms with Gasteiger partial charge in [-0.3, -0.25) is 4.79 Å². The molecule has 3 spiro atoms. The van der Waals surface area contributed by atoms with Crippen LogP contribution < -0.4 is 0 Å². The molecule has 7 nitrogen and oxygen atoms in total. The molecule has 0 aromatic rings. The summed E-state index contributed by atoms with van der Waals surface area (Å²) < 4.78 is 25.6. The van der Waals surface area contributed by atoms with Crippen molar-refractivity contribution in [2.24, 2.45) is 50.7 Å². The number of esters is 1. The van der Waals surface area contributed by atoms with E-state index in [9.17, 15) is 15.0 Å². The van der Waals surface area contributed by atoms with Gasteiger partial charge in [-0.15, -0.1) is 0 Å². The van der Waals surface area contributed by atoms with Gasteiger partial charge >= 0.3 is 5.97 Å². The first kappa shape index (κ1) is 25.9. The van der Waals surface area contributed by atoms with Gasteiger partial charge in [-0.25, -0.2) is 0 Å². The van der Waals surface area contributed by atoms with Gasteiger partial charge in [0.1, 0.15) is 17.8 Å². The lowest BCUT2D eigenvalue weighted by Gasteiger charge is -2.65. The average Bonchev–Trinajstić information content (AvgIpc) is 3.67. The predicted molar refractivity (Wildman–Crippen MR) is 141 cm³/mol. The first-order chi connectivity index (χ1) is 18.1. The molecule has 5 aliphatic carbocycles. The van der Waals surface area contributed by atoms with E-state index in [-0.39, 0.29) is 69.3 Å². The zero-order valence-electron chi connectivity index (χ0n) is 24.8. The van der Waals surface area contributed by atoms with Crippen molar-refractivity contribution in [1.29, 1.82) is 0 Å². The molecule has 3 heterocycles. The summed E-state index contributed by atoms with van der Waals surface area (Å²) >= 11 is 0. The standard InChI is InChI=1S/C32H48O7/c1-16-12-32(24-29(7,38-24)25(35)39-32)37-18-13-27(5)20-9-8-19-26(3,4)21(34)10-11-30(19)15-31(20,30)14-22(36-17(2)33)28(27,6)23(16)18/h16,18-25,34-35H,8-15H2,1-7H3/t16-,18+,19+,20+,21+,22-,23+,24?,25?,27+,28-,29?,30-,31+,32?/m1/s1. The van der Waals surface area contributed by atoms with Crippen LogP contribution in [0.1, 0.15) is 99.8 Å². The summed E-state index contributed by atoms with van der Waals surface area (Å²) in [6.45, 7) is 15.3. The molecule has 8 aliphatic rings. The Hall–Kier alpha value is -0.730. The van der Waals surface area contributed by atoms with Gasteiger partial charge in [0.25, 0.3) is 0 Å². The molecule has 218 valence electrons. The second kappa shape index (κ2) is 7.07. The Kier molecular flexibility index (Phi) is 4.70. The molecule has 8 fully saturated rings. The number of carbonyl (C=O) groups is 1. The maximum Gasteiger partial charge on any atom is 0.302 e. The van der Waals surface area contributed by atoms with Crippen molar-refractivity contribution in [1.82, 2.24) is 0 Å². The second-order valence-corrected chi connectivity index (χ2v) is 16.6. The van der Waals surface area contributed by atoms with E-state index in [1.807, 2.05) is 6.92 Å². The van der Waals surface area contributed by atoms with E-state index in [1.54, 1.807) is 6.92 Å². The van der Waals surface area contributed by atoms with E-state index in [4.69, 9.17) is 18.9 Å². The van der Waals surface area contributed by atoms with E-state index in [0.717, 1.165) is 25.7 Å². The highest BCUT2D eigenvalue weighted by molar-refractivity contribution is 5.66. The van der Waals surface area contributed by atoms with Crippen molar-refractivity contribution < 1.29 is 34.0 Å². The summed E-state index contributed by atoms with van der Waals surface area (Å²) in [7, 11) is 0. The number of hydrogen-bond donors (Lipinski definition) is 2. The third-order valence-corrected chi connectivity index (χ3v) is 15.0. The SMILES string of the molecule is CC(=O)O[C@@H]1C[C@@]23C[C@@]24CC[C@H](O)C(C)(C)[C@@H]4CC[C@H]3[C@]2(C)C[C@@H]3OC4(C[C@@H](C)[C@@H]3[C@@]12C)OC(O)C1(C)OC41. The Balaban J connectivity index is 1.21. The summed E-state index contributed by atoms with van der Waals surface area (Å²) in [5.74, 6) is 0.475. The number of hydrogen-bond acceptors (Lipinski definition) is 7. The molecular weight excluding hydrogens is 496 g/mol. The Morgan fingerprint density at radius 3 is 2.26 bits per heavy atom. The second-order valence-electron chi connectivity index (χ2n) is 16.6. The number of aliphatic hydroxyl groups excluding tert-OH is 2. The number of ether oxygens (including phenoxy) is 4. The largest absolute Gasteiger partial charge is 0.462 e. The topological polar surface area (TPSA) is 97.8 Å². The third kappa shape index (κ3) is 2.65. The Labute approximate surface area is 232 Å². The zero-order valence-corrected chi connectivity index (χ0v) is 24.8. The lowest BCUT2D eigenvalue weighted by molar-refractivity contribution is -0.346. The van der Waals surface area contributed by atoms with Gasteiger partial charge in [0.15, 0.2) is 6.29 Å². The number of epoxide rings is 1. The summed E-state index contributed by atoms with van der Waals surface area (Å²) in [4.78, 5) is 12.7. The molecule has 4 unspecified atom stereocenters. The molecule has 0 amide bonds. The van der Waals surface area contributed by atoms with Crippen LogP contribution in [0.3, 0.4) is 0 Å². The van der Waals surface area contributed by atoms with Crippen molar-refractivity contribution >= 4 is 5.97 Å². The molecule has 0 radical (unpaired) electrons. The minimum absolute atomic E-state index is 0.0345. The maximum absolute atomic E-state index is 12.7. The minimum atomic E-state index is -0.968. The summed E-state index contributed by atoms with van der Waals surface area (Å²) in [6, 6.07) is 0. The number of fused-ring (bicyclic) bond motifs is 6. The van der Waals surface area contributed by atoms with Crippen LogP contribution in [0.4, 0.5) is 0 Å². The molecule has 3 aliphatic heterocycles.